The van der Waals surface area contributed by atoms with Crippen LogP contribution in [0.2, 0.25) is 0 Å². The van der Waals surface area contributed by atoms with Gasteiger partial charge in [-0.1, -0.05) is 54.3 Å². The van der Waals surface area contributed by atoms with Crippen LogP contribution in [0.4, 0.5) is 0 Å². The fraction of sp³-hybridized carbons (Fsp3) is 0.200. The standard InChI is InChI=1S/C25H22N2O3/c1-3-5-11-22-23(27(16-6-4-2)25(30)26-22)17-18-12-14-19(15-13-18)20-9-7-8-10-21(20)24(28)29/h7-10,12-15H,11,16-17H2,1-2H3,(H,26,30)(H,28,29). The van der Waals surface area contributed by atoms with Gasteiger partial charge in [0.05, 0.1) is 24.2 Å². The van der Waals surface area contributed by atoms with Gasteiger partial charge in [0.25, 0.3) is 0 Å². The minimum atomic E-state index is -0.954. The maximum atomic E-state index is 12.4. The van der Waals surface area contributed by atoms with Gasteiger partial charge in [0.15, 0.2) is 0 Å². The second kappa shape index (κ2) is 9.49. The van der Waals surface area contributed by atoms with Gasteiger partial charge < -0.3 is 10.1 Å². The molecular formula is C25H22N2O3. The molecule has 0 bridgehead atoms. The largest absolute Gasteiger partial charge is 0.478 e. The minimum absolute atomic E-state index is 0.187. The smallest absolute Gasteiger partial charge is 0.336 e. The average molecular weight is 398 g/mol. The van der Waals surface area contributed by atoms with Crippen molar-refractivity contribution in [3.05, 3.63) is 81.5 Å². The first-order valence-corrected chi connectivity index (χ1v) is 9.56. The summed E-state index contributed by atoms with van der Waals surface area (Å²) in [4.78, 5) is 26.8. The van der Waals surface area contributed by atoms with E-state index in [1.807, 2.05) is 30.3 Å². The van der Waals surface area contributed by atoms with Crippen LogP contribution in [0.1, 0.15) is 41.2 Å². The van der Waals surface area contributed by atoms with Crippen molar-refractivity contribution < 1.29 is 9.90 Å². The monoisotopic (exact) mass is 398 g/mol. The summed E-state index contributed by atoms with van der Waals surface area (Å²) in [5.74, 6) is 10.7. The van der Waals surface area contributed by atoms with Crippen molar-refractivity contribution in [1.82, 2.24) is 9.55 Å². The number of nitrogens with zero attached hydrogens (tertiary/aromatic N) is 1. The Bertz CT molecular complexity index is 1240. The zero-order chi connectivity index (χ0) is 21.5. The van der Waals surface area contributed by atoms with Crippen molar-refractivity contribution in [2.45, 2.75) is 33.2 Å². The third-order valence-electron chi connectivity index (χ3n) is 4.83. The Labute approximate surface area is 175 Å². The summed E-state index contributed by atoms with van der Waals surface area (Å²) < 4.78 is 1.65. The Morgan fingerprint density at radius 2 is 1.73 bits per heavy atom. The molecule has 0 atom stereocenters. The normalized spacial score (nSPS) is 9.93. The molecule has 3 rings (SSSR count). The number of carboxylic acid groups (broad SMARTS) is 1. The number of hydrogen-bond acceptors (Lipinski definition) is 2. The van der Waals surface area contributed by atoms with Gasteiger partial charge in [-0.3, -0.25) is 4.57 Å². The molecule has 2 aromatic carbocycles. The molecule has 0 fully saturated rings. The Balaban J connectivity index is 1.95. The number of H-pyrrole nitrogens is 1. The fourth-order valence-electron chi connectivity index (χ4n) is 3.32. The van der Waals surface area contributed by atoms with Crippen LogP contribution in [0.5, 0.6) is 0 Å². The number of carbonyl (C=O) groups is 1. The van der Waals surface area contributed by atoms with Crippen molar-refractivity contribution in [3.8, 4) is 34.8 Å². The topological polar surface area (TPSA) is 75.1 Å². The molecule has 30 heavy (non-hydrogen) atoms. The van der Waals surface area contributed by atoms with Crippen molar-refractivity contribution in [2.75, 3.05) is 0 Å². The molecule has 0 saturated heterocycles. The highest BCUT2D eigenvalue weighted by Crippen LogP contribution is 2.25. The first kappa shape index (κ1) is 20.8. The highest BCUT2D eigenvalue weighted by atomic mass is 16.4. The summed E-state index contributed by atoms with van der Waals surface area (Å²) in [5, 5.41) is 9.42. The first-order chi connectivity index (χ1) is 14.5. The third kappa shape index (κ3) is 4.54. The zero-order valence-corrected chi connectivity index (χ0v) is 17.0. The van der Waals surface area contributed by atoms with Crippen molar-refractivity contribution in [1.29, 1.82) is 0 Å². The molecule has 0 amide bonds. The van der Waals surface area contributed by atoms with Gasteiger partial charge in [0.1, 0.15) is 0 Å². The molecule has 1 aromatic heterocycles. The SMILES string of the molecule is CC#CCc1[nH]c(=O)n(CC#CC)c1Cc1ccc(-c2ccccc2C(=O)O)cc1. The van der Waals surface area contributed by atoms with Crippen LogP contribution in [0.15, 0.2) is 53.3 Å². The molecule has 150 valence electrons. The Morgan fingerprint density at radius 3 is 2.40 bits per heavy atom. The molecule has 0 unspecified atom stereocenters. The summed E-state index contributed by atoms with van der Waals surface area (Å²) in [7, 11) is 0. The molecule has 0 spiro atoms. The van der Waals surface area contributed by atoms with E-state index in [0.717, 1.165) is 22.5 Å². The molecule has 0 radical (unpaired) electrons. The number of aromatic nitrogens is 2. The lowest BCUT2D eigenvalue weighted by atomic mass is 9.97. The van der Waals surface area contributed by atoms with Gasteiger partial charge in [-0.2, -0.15) is 0 Å². The van der Waals surface area contributed by atoms with Crippen molar-refractivity contribution >= 4 is 5.97 Å². The molecule has 5 heteroatoms. The maximum Gasteiger partial charge on any atom is 0.336 e. The maximum absolute atomic E-state index is 12.4. The van der Waals surface area contributed by atoms with E-state index in [9.17, 15) is 14.7 Å². The van der Waals surface area contributed by atoms with Crippen molar-refractivity contribution in [3.63, 3.8) is 0 Å². The number of nitrogens with one attached hydrogen (secondary N) is 1. The second-order valence-electron chi connectivity index (χ2n) is 6.70. The summed E-state index contributed by atoms with van der Waals surface area (Å²) >= 11 is 0. The van der Waals surface area contributed by atoms with Gasteiger partial charge in [-0.15, -0.1) is 11.8 Å². The van der Waals surface area contributed by atoms with Crippen LogP contribution in [0, 0.1) is 23.7 Å². The number of rotatable bonds is 6. The van der Waals surface area contributed by atoms with E-state index in [2.05, 4.69) is 28.7 Å². The predicted molar refractivity (Wildman–Crippen MR) is 117 cm³/mol. The summed E-state index contributed by atoms with van der Waals surface area (Å²) in [6.07, 6.45) is 1.02. The van der Waals surface area contributed by atoms with Crippen LogP contribution in [0.25, 0.3) is 11.1 Å². The molecule has 0 saturated carbocycles. The van der Waals surface area contributed by atoms with E-state index in [1.165, 1.54) is 0 Å². The molecule has 1 heterocycles. The molecule has 5 nitrogen and oxygen atoms in total. The van der Waals surface area contributed by atoms with Gasteiger partial charge >= 0.3 is 11.7 Å². The van der Waals surface area contributed by atoms with Crippen LogP contribution in [-0.2, 0) is 19.4 Å². The number of imidazole rings is 1. The molecule has 0 aliphatic carbocycles. The first-order valence-electron chi connectivity index (χ1n) is 9.56. The van der Waals surface area contributed by atoms with Gasteiger partial charge in [0, 0.05) is 12.1 Å². The molecule has 0 aliphatic heterocycles. The fourth-order valence-corrected chi connectivity index (χ4v) is 3.32. The van der Waals surface area contributed by atoms with E-state index in [-0.39, 0.29) is 11.3 Å². The molecular weight excluding hydrogens is 376 g/mol. The quantitative estimate of drug-likeness (QED) is 0.622. The summed E-state index contributed by atoms with van der Waals surface area (Å²) in [6, 6.07) is 14.7. The van der Waals surface area contributed by atoms with Crippen LogP contribution in [0.3, 0.4) is 0 Å². The molecule has 3 aromatic rings. The number of hydrogen-bond donors (Lipinski definition) is 2. The second-order valence-corrected chi connectivity index (χ2v) is 6.70. The Kier molecular flexibility index (Phi) is 6.57. The predicted octanol–water partition coefficient (Wildman–Crippen LogP) is 3.72. The number of benzene rings is 2. The lowest BCUT2D eigenvalue weighted by molar-refractivity contribution is 0.0697. The van der Waals surface area contributed by atoms with Gasteiger partial charge in [0.2, 0.25) is 0 Å². The Hall–Kier alpha value is -3.96. The number of aromatic amines is 1. The minimum Gasteiger partial charge on any atom is -0.478 e. The third-order valence-corrected chi connectivity index (χ3v) is 4.83. The Morgan fingerprint density at radius 1 is 1.03 bits per heavy atom. The lowest BCUT2D eigenvalue weighted by Crippen LogP contribution is -2.18. The van der Waals surface area contributed by atoms with Crippen molar-refractivity contribution in [2.24, 2.45) is 0 Å². The van der Waals surface area contributed by atoms with E-state index in [0.29, 0.717) is 24.9 Å². The van der Waals surface area contributed by atoms with E-state index in [1.54, 1.807) is 36.6 Å². The highest BCUT2D eigenvalue weighted by Gasteiger charge is 2.14. The van der Waals surface area contributed by atoms with Crippen LogP contribution >= 0.6 is 0 Å². The van der Waals surface area contributed by atoms with E-state index < -0.39 is 5.97 Å². The van der Waals surface area contributed by atoms with Gasteiger partial charge in [-0.05, 0) is 36.6 Å². The summed E-state index contributed by atoms with van der Waals surface area (Å²) in [6.45, 7) is 3.84. The lowest BCUT2D eigenvalue weighted by Gasteiger charge is -2.09. The molecule has 0 aliphatic rings. The highest BCUT2D eigenvalue weighted by molar-refractivity contribution is 5.95. The molecule has 2 N–H and O–H groups in total. The van der Waals surface area contributed by atoms with Crippen LogP contribution in [-0.4, -0.2) is 20.6 Å². The number of aromatic carboxylic acids is 1. The van der Waals surface area contributed by atoms with Crippen LogP contribution < -0.4 is 5.69 Å². The van der Waals surface area contributed by atoms with Gasteiger partial charge in [-0.25, -0.2) is 9.59 Å². The van der Waals surface area contributed by atoms with E-state index in [4.69, 9.17) is 0 Å². The zero-order valence-electron chi connectivity index (χ0n) is 17.0. The summed E-state index contributed by atoms with van der Waals surface area (Å²) in [5.41, 5.74) is 4.26. The average Bonchev–Trinajstić information content (AvgIpc) is 3.05. The van der Waals surface area contributed by atoms with E-state index >= 15 is 0 Å². The number of carboxylic acids is 1.